The number of sulfone groups is 1. The third-order valence-corrected chi connectivity index (χ3v) is 5.09. The van der Waals surface area contributed by atoms with Crippen molar-refractivity contribution >= 4 is 20.7 Å². The first-order chi connectivity index (χ1) is 9.25. The standard InChI is InChI=1S/C15H22N2O2S/c1-10(9-16)7-13-11(2)17(3)15-6-5-12(8-14(13)15)20(4,18)19/h5-6,8,10H,7,9,16H2,1-4H3. The first kappa shape index (κ1) is 15.1. The average molecular weight is 294 g/mol. The molecule has 0 spiro atoms. The summed E-state index contributed by atoms with van der Waals surface area (Å²) in [7, 11) is -1.17. The Morgan fingerprint density at radius 3 is 2.55 bits per heavy atom. The molecule has 1 unspecified atom stereocenters. The summed E-state index contributed by atoms with van der Waals surface area (Å²) in [5.74, 6) is 0.376. The summed E-state index contributed by atoms with van der Waals surface area (Å²) in [5, 5.41) is 1.02. The van der Waals surface area contributed by atoms with Crippen molar-refractivity contribution in [2.75, 3.05) is 12.8 Å². The fourth-order valence-corrected chi connectivity index (χ4v) is 3.19. The molecule has 1 aromatic heterocycles. The molecule has 0 saturated carbocycles. The number of aryl methyl sites for hydroxylation is 1. The van der Waals surface area contributed by atoms with Crippen molar-refractivity contribution in [1.29, 1.82) is 0 Å². The molecular weight excluding hydrogens is 272 g/mol. The summed E-state index contributed by atoms with van der Waals surface area (Å²) in [5.41, 5.74) is 9.15. The molecule has 1 aromatic carbocycles. The van der Waals surface area contributed by atoms with Gasteiger partial charge in [-0.3, -0.25) is 0 Å². The molecule has 0 aliphatic rings. The molecule has 0 bridgehead atoms. The quantitative estimate of drug-likeness (QED) is 0.938. The number of rotatable bonds is 4. The van der Waals surface area contributed by atoms with Gasteiger partial charge in [0.05, 0.1) is 4.90 Å². The van der Waals surface area contributed by atoms with E-state index >= 15 is 0 Å². The van der Waals surface area contributed by atoms with Crippen LogP contribution in [0.4, 0.5) is 0 Å². The van der Waals surface area contributed by atoms with Crippen molar-refractivity contribution in [2.45, 2.75) is 25.2 Å². The third-order valence-electron chi connectivity index (χ3n) is 3.98. The second-order valence-electron chi connectivity index (χ2n) is 5.62. The van der Waals surface area contributed by atoms with Gasteiger partial charge in [-0.1, -0.05) is 6.92 Å². The van der Waals surface area contributed by atoms with Crippen LogP contribution in [0.25, 0.3) is 10.9 Å². The zero-order valence-corrected chi connectivity index (χ0v) is 13.3. The van der Waals surface area contributed by atoms with Crippen LogP contribution >= 0.6 is 0 Å². The second kappa shape index (κ2) is 5.22. The first-order valence-electron chi connectivity index (χ1n) is 6.73. The van der Waals surface area contributed by atoms with Crippen molar-refractivity contribution in [2.24, 2.45) is 18.7 Å². The van der Waals surface area contributed by atoms with Crippen LogP contribution in [0.2, 0.25) is 0 Å². The Hall–Kier alpha value is -1.33. The second-order valence-corrected chi connectivity index (χ2v) is 7.63. The van der Waals surface area contributed by atoms with Gasteiger partial charge in [0, 0.05) is 29.9 Å². The Morgan fingerprint density at radius 1 is 1.35 bits per heavy atom. The molecule has 110 valence electrons. The minimum Gasteiger partial charge on any atom is -0.348 e. The maximum Gasteiger partial charge on any atom is 0.175 e. The van der Waals surface area contributed by atoms with Gasteiger partial charge < -0.3 is 10.3 Å². The van der Waals surface area contributed by atoms with Crippen LogP contribution in [0.15, 0.2) is 23.1 Å². The molecule has 0 aliphatic heterocycles. The van der Waals surface area contributed by atoms with Gasteiger partial charge in [-0.2, -0.15) is 0 Å². The molecule has 4 nitrogen and oxygen atoms in total. The number of nitrogens with two attached hydrogens (primary N) is 1. The summed E-state index contributed by atoms with van der Waals surface area (Å²) >= 11 is 0. The smallest absolute Gasteiger partial charge is 0.175 e. The van der Waals surface area contributed by atoms with E-state index in [9.17, 15) is 8.42 Å². The topological polar surface area (TPSA) is 65.1 Å². The Labute approximate surface area is 120 Å². The molecule has 0 aliphatic carbocycles. The first-order valence-corrected chi connectivity index (χ1v) is 8.63. The Balaban J connectivity index is 2.69. The summed E-state index contributed by atoms with van der Waals surface area (Å²) in [6.07, 6.45) is 2.11. The summed E-state index contributed by atoms with van der Waals surface area (Å²) in [4.78, 5) is 0.372. The third kappa shape index (κ3) is 2.60. The van der Waals surface area contributed by atoms with Crippen LogP contribution in [0.3, 0.4) is 0 Å². The Bertz CT molecular complexity index is 745. The van der Waals surface area contributed by atoms with Crippen molar-refractivity contribution in [3.05, 3.63) is 29.5 Å². The van der Waals surface area contributed by atoms with Gasteiger partial charge >= 0.3 is 0 Å². The predicted octanol–water partition coefficient (Wildman–Crippen LogP) is 2.03. The van der Waals surface area contributed by atoms with Gasteiger partial charge in [-0.25, -0.2) is 8.42 Å². The lowest BCUT2D eigenvalue weighted by Gasteiger charge is -2.09. The lowest BCUT2D eigenvalue weighted by Crippen LogP contribution is -2.13. The minimum absolute atomic E-state index is 0.372. The maximum atomic E-state index is 11.7. The highest BCUT2D eigenvalue weighted by Gasteiger charge is 2.16. The van der Waals surface area contributed by atoms with Gasteiger partial charge in [0.25, 0.3) is 0 Å². The monoisotopic (exact) mass is 294 g/mol. The zero-order chi connectivity index (χ0) is 15.1. The van der Waals surface area contributed by atoms with Crippen molar-refractivity contribution in [3.8, 4) is 0 Å². The minimum atomic E-state index is -3.18. The van der Waals surface area contributed by atoms with E-state index in [4.69, 9.17) is 5.73 Å². The molecule has 0 radical (unpaired) electrons. The fraction of sp³-hybridized carbons (Fsp3) is 0.467. The number of benzene rings is 1. The number of hydrogen-bond acceptors (Lipinski definition) is 3. The van der Waals surface area contributed by atoms with E-state index in [1.807, 2.05) is 13.1 Å². The largest absolute Gasteiger partial charge is 0.348 e. The van der Waals surface area contributed by atoms with Crippen molar-refractivity contribution in [3.63, 3.8) is 0 Å². The maximum absolute atomic E-state index is 11.7. The highest BCUT2D eigenvalue weighted by Crippen LogP contribution is 2.29. The Kier molecular flexibility index (Phi) is 3.93. The predicted molar refractivity (Wildman–Crippen MR) is 82.7 cm³/mol. The highest BCUT2D eigenvalue weighted by atomic mass is 32.2. The molecule has 2 rings (SSSR count). The zero-order valence-electron chi connectivity index (χ0n) is 12.5. The van der Waals surface area contributed by atoms with E-state index in [0.717, 1.165) is 17.3 Å². The molecule has 0 amide bonds. The molecule has 1 heterocycles. The molecule has 5 heteroatoms. The Morgan fingerprint density at radius 2 is 2.00 bits per heavy atom. The van der Waals surface area contributed by atoms with Crippen molar-refractivity contribution < 1.29 is 8.42 Å². The van der Waals surface area contributed by atoms with E-state index in [0.29, 0.717) is 17.4 Å². The number of aromatic nitrogens is 1. The van der Waals surface area contributed by atoms with Crippen LogP contribution in [0.5, 0.6) is 0 Å². The van der Waals surface area contributed by atoms with Gasteiger partial charge in [0.1, 0.15) is 0 Å². The molecular formula is C15H22N2O2S. The van der Waals surface area contributed by atoms with E-state index in [-0.39, 0.29) is 0 Å². The van der Waals surface area contributed by atoms with E-state index < -0.39 is 9.84 Å². The number of fused-ring (bicyclic) bond motifs is 1. The van der Waals surface area contributed by atoms with Crippen LogP contribution < -0.4 is 5.73 Å². The molecule has 20 heavy (non-hydrogen) atoms. The summed E-state index contributed by atoms with van der Waals surface area (Å²) in [6, 6.07) is 5.35. The van der Waals surface area contributed by atoms with Gasteiger partial charge in [0.2, 0.25) is 0 Å². The lowest BCUT2D eigenvalue weighted by molar-refractivity contribution is 0.592. The number of hydrogen-bond donors (Lipinski definition) is 1. The molecule has 2 N–H and O–H groups in total. The van der Waals surface area contributed by atoms with Gasteiger partial charge in [-0.15, -0.1) is 0 Å². The van der Waals surface area contributed by atoms with Crippen LogP contribution in [0, 0.1) is 12.8 Å². The lowest BCUT2D eigenvalue weighted by atomic mass is 9.99. The molecule has 0 saturated heterocycles. The van der Waals surface area contributed by atoms with Crippen LogP contribution in [0.1, 0.15) is 18.2 Å². The number of nitrogens with zero attached hydrogens (tertiary/aromatic N) is 1. The van der Waals surface area contributed by atoms with E-state index in [2.05, 4.69) is 18.4 Å². The van der Waals surface area contributed by atoms with Gasteiger partial charge in [-0.05, 0) is 49.6 Å². The SMILES string of the molecule is Cc1c(CC(C)CN)c2cc(S(C)(=O)=O)ccc2n1C. The van der Waals surface area contributed by atoms with E-state index in [1.165, 1.54) is 17.5 Å². The summed E-state index contributed by atoms with van der Waals surface area (Å²) < 4.78 is 25.6. The normalized spacial score (nSPS) is 13.8. The van der Waals surface area contributed by atoms with Crippen molar-refractivity contribution in [1.82, 2.24) is 4.57 Å². The average Bonchev–Trinajstić information content (AvgIpc) is 2.62. The fourth-order valence-electron chi connectivity index (χ4n) is 2.55. The highest BCUT2D eigenvalue weighted by molar-refractivity contribution is 7.90. The molecule has 0 fully saturated rings. The molecule has 2 aromatic rings. The summed E-state index contributed by atoms with van der Waals surface area (Å²) in [6.45, 7) is 4.80. The van der Waals surface area contributed by atoms with Crippen LogP contribution in [-0.4, -0.2) is 25.8 Å². The molecule has 1 atom stereocenters. The van der Waals surface area contributed by atoms with E-state index in [1.54, 1.807) is 12.1 Å². The van der Waals surface area contributed by atoms with Crippen LogP contribution in [-0.2, 0) is 23.3 Å². The van der Waals surface area contributed by atoms with Gasteiger partial charge in [0.15, 0.2) is 9.84 Å².